The van der Waals surface area contributed by atoms with E-state index in [0.717, 1.165) is 48.7 Å². The van der Waals surface area contributed by atoms with Crippen molar-refractivity contribution < 1.29 is 9.53 Å². The maximum Gasteiger partial charge on any atom is 0.411 e. The number of para-hydroxylation sites is 1. The minimum absolute atomic E-state index is 0.00331. The first-order valence-corrected chi connectivity index (χ1v) is 18.3. The number of anilines is 1. The molecule has 0 atom stereocenters. The third kappa shape index (κ3) is 11.9. The topological polar surface area (TPSA) is 44.8 Å². The van der Waals surface area contributed by atoms with Crippen molar-refractivity contribution in [1.82, 2.24) is 9.80 Å². The van der Waals surface area contributed by atoms with Crippen molar-refractivity contribution >= 4 is 11.8 Å². The SMILES string of the molecule is O=C(Nc1ccccc1-c1ccccc1)OC1CCN(CCCCCCCCCN2CCC(CCCc3ccccc3)CC2)CC1. The lowest BCUT2D eigenvalue weighted by Gasteiger charge is -2.32. The van der Waals surface area contributed by atoms with Gasteiger partial charge < -0.3 is 14.5 Å². The number of nitrogens with zero attached hydrogens (tertiary/aromatic N) is 2. The molecular formula is C41H57N3O2. The fraction of sp³-hybridized carbons (Fsp3) is 0.537. The molecule has 5 heteroatoms. The second-order valence-electron chi connectivity index (χ2n) is 13.6. The van der Waals surface area contributed by atoms with Gasteiger partial charge in [0.15, 0.2) is 0 Å². The summed E-state index contributed by atoms with van der Waals surface area (Å²) in [4.78, 5) is 18.0. The van der Waals surface area contributed by atoms with E-state index in [0.29, 0.717) is 0 Å². The average Bonchev–Trinajstić information content (AvgIpc) is 3.10. The Labute approximate surface area is 278 Å². The van der Waals surface area contributed by atoms with E-state index in [2.05, 4.69) is 57.6 Å². The van der Waals surface area contributed by atoms with E-state index < -0.39 is 0 Å². The van der Waals surface area contributed by atoms with Crippen molar-refractivity contribution in [2.24, 2.45) is 5.92 Å². The van der Waals surface area contributed by atoms with E-state index in [9.17, 15) is 4.79 Å². The molecule has 0 aromatic heterocycles. The summed E-state index contributed by atoms with van der Waals surface area (Å²) in [5.41, 5.74) is 4.37. The number of benzene rings is 3. The van der Waals surface area contributed by atoms with E-state index in [-0.39, 0.29) is 12.2 Å². The van der Waals surface area contributed by atoms with E-state index >= 15 is 0 Å². The molecule has 3 aromatic carbocycles. The van der Waals surface area contributed by atoms with E-state index in [1.165, 1.54) is 109 Å². The van der Waals surface area contributed by atoms with Gasteiger partial charge in [-0.05, 0) is 101 Å². The third-order valence-corrected chi connectivity index (χ3v) is 10.1. The molecule has 1 amide bonds. The molecular weight excluding hydrogens is 566 g/mol. The summed E-state index contributed by atoms with van der Waals surface area (Å²) in [5, 5.41) is 2.99. The number of carbonyl (C=O) groups excluding carboxylic acids is 1. The van der Waals surface area contributed by atoms with Gasteiger partial charge in [0.05, 0.1) is 5.69 Å². The second-order valence-corrected chi connectivity index (χ2v) is 13.6. The van der Waals surface area contributed by atoms with Crippen LogP contribution >= 0.6 is 0 Å². The van der Waals surface area contributed by atoms with Crippen LogP contribution in [0.3, 0.4) is 0 Å². The van der Waals surface area contributed by atoms with Gasteiger partial charge in [0.1, 0.15) is 6.10 Å². The second kappa shape index (κ2) is 19.5. The van der Waals surface area contributed by atoms with Crippen molar-refractivity contribution in [3.05, 3.63) is 90.5 Å². The molecule has 0 aliphatic carbocycles. The van der Waals surface area contributed by atoms with Gasteiger partial charge in [-0.3, -0.25) is 5.32 Å². The quantitative estimate of drug-likeness (QED) is 0.152. The number of hydrogen-bond acceptors (Lipinski definition) is 4. The van der Waals surface area contributed by atoms with Crippen molar-refractivity contribution in [1.29, 1.82) is 0 Å². The van der Waals surface area contributed by atoms with Crippen LogP contribution in [0.1, 0.15) is 89.0 Å². The fourth-order valence-corrected chi connectivity index (χ4v) is 7.30. The monoisotopic (exact) mass is 623 g/mol. The Bertz CT molecular complexity index is 1250. The number of rotatable bonds is 17. The van der Waals surface area contributed by atoms with Crippen molar-refractivity contribution in [2.45, 2.75) is 96.0 Å². The normalized spacial score (nSPS) is 16.8. The summed E-state index contributed by atoms with van der Waals surface area (Å²) in [7, 11) is 0. The zero-order valence-electron chi connectivity index (χ0n) is 28.1. The first-order chi connectivity index (χ1) is 22.7. The van der Waals surface area contributed by atoms with Gasteiger partial charge in [0.25, 0.3) is 0 Å². The molecule has 0 bridgehead atoms. The predicted molar refractivity (Wildman–Crippen MR) is 192 cm³/mol. The zero-order valence-corrected chi connectivity index (χ0v) is 28.1. The Hall–Kier alpha value is -3.15. The number of piperidine rings is 2. The number of unbranched alkanes of at least 4 members (excludes halogenated alkanes) is 6. The number of ether oxygens (including phenoxy) is 1. The van der Waals surface area contributed by atoms with Gasteiger partial charge >= 0.3 is 6.09 Å². The minimum Gasteiger partial charge on any atom is -0.446 e. The molecule has 46 heavy (non-hydrogen) atoms. The third-order valence-electron chi connectivity index (χ3n) is 10.1. The highest BCUT2D eigenvalue weighted by Crippen LogP contribution is 2.28. The summed E-state index contributed by atoms with van der Waals surface area (Å²) in [6.45, 7) is 7.14. The van der Waals surface area contributed by atoms with Crippen LogP contribution in [0.2, 0.25) is 0 Å². The maximum absolute atomic E-state index is 12.7. The highest BCUT2D eigenvalue weighted by Gasteiger charge is 2.23. The van der Waals surface area contributed by atoms with Gasteiger partial charge in [-0.25, -0.2) is 4.79 Å². The molecule has 0 saturated carbocycles. The summed E-state index contributed by atoms with van der Waals surface area (Å²) in [5.74, 6) is 0.945. The first kappa shape index (κ1) is 34.2. The lowest BCUT2D eigenvalue weighted by atomic mass is 9.90. The molecule has 2 aliphatic heterocycles. The van der Waals surface area contributed by atoms with Crippen molar-refractivity contribution in [2.75, 3.05) is 44.6 Å². The minimum atomic E-state index is -0.350. The summed E-state index contributed by atoms with van der Waals surface area (Å²) < 4.78 is 5.82. The predicted octanol–water partition coefficient (Wildman–Crippen LogP) is 9.83. The maximum atomic E-state index is 12.7. The lowest BCUT2D eigenvalue weighted by Crippen LogP contribution is -2.38. The molecule has 3 aromatic rings. The molecule has 0 spiro atoms. The van der Waals surface area contributed by atoms with E-state index in [4.69, 9.17) is 4.74 Å². The molecule has 2 saturated heterocycles. The van der Waals surface area contributed by atoms with Gasteiger partial charge in [0, 0.05) is 18.7 Å². The number of nitrogens with one attached hydrogen (secondary N) is 1. The summed E-state index contributed by atoms with van der Waals surface area (Å²) in [6, 6.07) is 29.0. The van der Waals surface area contributed by atoms with Gasteiger partial charge in [-0.1, -0.05) is 117 Å². The van der Waals surface area contributed by atoms with Gasteiger partial charge in [0.2, 0.25) is 0 Å². The van der Waals surface area contributed by atoms with Crippen molar-refractivity contribution in [3.63, 3.8) is 0 Å². The lowest BCUT2D eigenvalue weighted by molar-refractivity contribution is 0.0585. The summed E-state index contributed by atoms with van der Waals surface area (Å²) in [6.07, 6.45) is 17.8. The smallest absolute Gasteiger partial charge is 0.411 e. The number of hydrogen-bond donors (Lipinski definition) is 1. The Balaban J connectivity index is 0.830. The highest BCUT2D eigenvalue weighted by atomic mass is 16.6. The molecule has 0 unspecified atom stereocenters. The molecule has 5 nitrogen and oxygen atoms in total. The average molecular weight is 624 g/mol. The van der Waals surface area contributed by atoms with Crippen LogP contribution in [-0.2, 0) is 11.2 Å². The molecule has 248 valence electrons. The molecule has 2 aliphatic rings. The first-order valence-electron chi connectivity index (χ1n) is 18.3. The van der Waals surface area contributed by atoms with Crippen LogP contribution in [-0.4, -0.2) is 61.3 Å². The fourth-order valence-electron chi connectivity index (χ4n) is 7.30. The van der Waals surface area contributed by atoms with Crippen LogP contribution < -0.4 is 5.32 Å². The Morgan fingerprint density at radius 2 is 1.17 bits per heavy atom. The number of amides is 1. The molecule has 1 N–H and O–H groups in total. The highest BCUT2D eigenvalue weighted by molar-refractivity contribution is 5.91. The van der Waals surface area contributed by atoms with Crippen LogP contribution in [0.15, 0.2) is 84.9 Å². The van der Waals surface area contributed by atoms with Gasteiger partial charge in [-0.15, -0.1) is 0 Å². The van der Waals surface area contributed by atoms with E-state index in [1.54, 1.807) is 0 Å². The standard InChI is InChI=1S/C41H57N3O2/c45-41(42-40-24-13-12-23-39(40)37-21-10-7-11-22-37)46-38-27-33-44(34-28-38)30-15-5-3-1-2-4-14-29-43-31-25-36(26-32-43)20-16-19-35-17-8-6-9-18-35/h6-13,17-18,21-24,36,38H,1-5,14-16,19-20,25-34H2,(H,42,45). The molecule has 2 heterocycles. The van der Waals surface area contributed by atoms with Crippen LogP contribution in [0.5, 0.6) is 0 Å². The molecule has 2 fully saturated rings. The summed E-state index contributed by atoms with van der Waals surface area (Å²) >= 11 is 0. The number of carbonyl (C=O) groups is 1. The molecule has 5 rings (SSSR count). The van der Waals surface area contributed by atoms with Crippen LogP contribution in [0.4, 0.5) is 10.5 Å². The van der Waals surface area contributed by atoms with Crippen LogP contribution in [0, 0.1) is 5.92 Å². The Kier molecular flexibility index (Phi) is 14.5. The van der Waals surface area contributed by atoms with Gasteiger partial charge in [-0.2, -0.15) is 0 Å². The Morgan fingerprint density at radius 1 is 0.630 bits per heavy atom. The van der Waals surface area contributed by atoms with E-state index in [1.807, 2.05) is 42.5 Å². The van der Waals surface area contributed by atoms with Crippen molar-refractivity contribution in [3.8, 4) is 11.1 Å². The Morgan fingerprint density at radius 3 is 1.83 bits per heavy atom. The molecule has 0 radical (unpaired) electrons. The number of aryl methyl sites for hydroxylation is 1. The largest absolute Gasteiger partial charge is 0.446 e. The van der Waals surface area contributed by atoms with Crippen LogP contribution in [0.25, 0.3) is 11.1 Å². The zero-order chi connectivity index (χ0) is 31.7. The number of likely N-dealkylation sites (tertiary alicyclic amines) is 2.